The summed E-state index contributed by atoms with van der Waals surface area (Å²) in [5, 5.41) is 8.43. The van der Waals surface area contributed by atoms with Gasteiger partial charge in [0.2, 0.25) is 0 Å². The number of aliphatic carboxylic acids is 1. The van der Waals surface area contributed by atoms with Gasteiger partial charge in [-0.1, -0.05) is 6.92 Å². The van der Waals surface area contributed by atoms with Crippen molar-refractivity contribution in [2.24, 2.45) is 5.92 Å². The van der Waals surface area contributed by atoms with E-state index in [-0.39, 0.29) is 38.5 Å². The molecule has 0 rings (SSSR count). The van der Waals surface area contributed by atoms with Crippen LogP contribution in [0.1, 0.15) is 13.8 Å². The maximum absolute atomic E-state index is 10.6. The van der Waals surface area contributed by atoms with Crippen molar-refractivity contribution in [1.29, 1.82) is 0 Å². The quantitative estimate of drug-likeness (QED) is 0.744. The second-order valence-corrected chi connectivity index (χ2v) is 2.98. The van der Waals surface area contributed by atoms with Crippen molar-refractivity contribution in [3.8, 4) is 0 Å². The van der Waals surface area contributed by atoms with Crippen LogP contribution in [0.2, 0.25) is 0 Å². The molecule has 1 radical (unpaired) electrons. The largest absolute Gasteiger partial charge is 0.481 e. The molecule has 0 bridgehead atoms. The summed E-state index contributed by atoms with van der Waals surface area (Å²) >= 11 is 0. The zero-order valence-corrected chi connectivity index (χ0v) is 10.6. The van der Waals surface area contributed by atoms with E-state index in [2.05, 4.69) is 9.24 Å². The maximum atomic E-state index is 10.6. The first-order valence-electron chi connectivity index (χ1n) is 2.95. The zero-order chi connectivity index (χ0) is 8.31. The van der Waals surface area contributed by atoms with Crippen molar-refractivity contribution >= 4 is 21.0 Å². The van der Waals surface area contributed by atoms with Gasteiger partial charge in [0.15, 0.2) is 0 Å². The van der Waals surface area contributed by atoms with Gasteiger partial charge in [-0.25, -0.2) is 0 Å². The van der Waals surface area contributed by atoms with E-state index in [4.69, 9.17) is 5.11 Å². The number of hydrogen-bond acceptors (Lipinski definition) is 2. The summed E-state index contributed by atoms with van der Waals surface area (Å²) in [7, 11) is 2.14. The van der Waals surface area contributed by atoms with Crippen molar-refractivity contribution in [3.63, 3.8) is 0 Å². The molecule has 1 N–H and O–H groups in total. The van der Waals surface area contributed by atoms with E-state index in [1.165, 1.54) is 6.92 Å². The molecule has 0 saturated carbocycles. The Kier molecular flexibility index (Phi) is 8.03. The van der Waals surface area contributed by atoms with Crippen LogP contribution < -0.4 is 0 Å². The minimum atomic E-state index is -0.951. The number of carboxylic acids is 1. The summed E-state index contributed by atoms with van der Waals surface area (Å²) in [5.74, 6) is -1.46. The molecular weight excluding hydrogens is 240 g/mol. The minimum Gasteiger partial charge on any atom is -0.481 e. The molecule has 0 spiro atoms. The molecule has 0 aliphatic heterocycles. The summed E-state index contributed by atoms with van der Waals surface area (Å²) in [6.45, 7) is 3.00. The van der Waals surface area contributed by atoms with Crippen LogP contribution in [-0.2, 0) is 42.3 Å². The standard InChI is InChI=1S/C6H11O3P.Y/c1-3(4(2)7)5(10)6(8)9;/h3,5H,10H2,1-2H3,(H,8,9);. The van der Waals surface area contributed by atoms with E-state index >= 15 is 0 Å². The van der Waals surface area contributed by atoms with Gasteiger partial charge in [-0.2, -0.15) is 0 Å². The van der Waals surface area contributed by atoms with Crippen LogP contribution in [0.5, 0.6) is 0 Å². The Balaban J connectivity index is 0. The topological polar surface area (TPSA) is 54.4 Å². The number of Topliss-reactive ketones (excluding diaryl/α,β-unsaturated/α-hetero) is 1. The molecule has 3 unspecified atom stereocenters. The van der Waals surface area contributed by atoms with Crippen LogP contribution in [-0.4, -0.2) is 22.5 Å². The molecule has 0 heterocycles. The number of carbonyl (C=O) groups is 2. The van der Waals surface area contributed by atoms with Crippen LogP contribution >= 0.6 is 9.24 Å². The second-order valence-electron chi connectivity index (χ2n) is 2.26. The fraction of sp³-hybridized carbons (Fsp3) is 0.667. The van der Waals surface area contributed by atoms with Crippen molar-refractivity contribution in [3.05, 3.63) is 0 Å². The first-order chi connectivity index (χ1) is 4.46. The van der Waals surface area contributed by atoms with Crippen molar-refractivity contribution in [1.82, 2.24) is 0 Å². The minimum absolute atomic E-state index is 0. The second kappa shape index (κ2) is 6.22. The van der Waals surface area contributed by atoms with Gasteiger partial charge >= 0.3 is 5.97 Å². The summed E-state index contributed by atoms with van der Waals surface area (Å²) in [4.78, 5) is 20.9. The summed E-state index contributed by atoms with van der Waals surface area (Å²) in [6, 6.07) is 0. The number of carbonyl (C=O) groups excluding carboxylic acids is 1. The molecule has 0 aromatic heterocycles. The Morgan fingerprint density at radius 2 is 1.82 bits per heavy atom. The third-order valence-electron chi connectivity index (χ3n) is 1.47. The van der Waals surface area contributed by atoms with E-state index in [9.17, 15) is 9.59 Å². The molecule has 11 heavy (non-hydrogen) atoms. The third-order valence-corrected chi connectivity index (χ3v) is 2.33. The Bertz CT molecular complexity index is 142. The first kappa shape index (κ1) is 14.2. The van der Waals surface area contributed by atoms with Crippen LogP contribution in [0.4, 0.5) is 0 Å². The Hall–Kier alpha value is 0.674. The fourth-order valence-corrected chi connectivity index (χ4v) is 0.738. The fourth-order valence-electron chi connectivity index (χ4n) is 0.467. The summed E-state index contributed by atoms with van der Waals surface area (Å²) < 4.78 is 0. The van der Waals surface area contributed by atoms with Crippen LogP contribution in [0.3, 0.4) is 0 Å². The average molecular weight is 251 g/mol. The molecule has 0 aliphatic carbocycles. The molecule has 0 saturated heterocycles. The SMILES string of the molecule is CC(=O)C(C)C(P)C(=O)O.[Y]. The summed E-state index contributed by atoms with van der Waals surface area (Å²) in [5.41, 5.74) is -0.655. The number of ketones is 1. The van der Waals surface area contributed by atoms with E-state index in [0.29, 0.717) is 0 Å². The van der Waals surface area contributed by atoms with E-state index < -0.39 is 17.5 Å². The van der Waals surface area contributed by atoms with Crippen LogP contribution in [0.15, 0.2) is 0 Å². The molecule has 0 amide bonds. The molecule has 0 aliphatic rings. The normalized spacial score (nSPS) is 14.5. The van der Waals surface area contributed by atoms with Crippen LogP contribution in [0, 0.1) is 5.92 Å². The smallest absolute Gasteiger partial charge is 0.311 e. The van der Waals surface area contributed by atoms with Gasteiger partial charge in [-0.05, 0) is 6.92 Å². The molecule has 61 valence electrons. The third kappa shape index (κ3) is 5.00. The number of hydrogen-bond donors (Lipinski definition) is 1. The monoisotopic (exact) mass is 251 g/mol. The number of carboxylic acid groups (broad SMARTS) is 1. The van der Waals surface area contributed by atoms with Gasteiger partial charge in [-0.3, -0.25) is 9.59 Å². The average Bonchev–Trinajstić information content (AvgIpc) is 1.84. The molecule has 3 nitrogen and oxygen atoms in total. The molecule has 5 heteroatoms. The zero-order valence-electron chi connectivity index (χ0n) is 6.57. The predicted octanol–water partition coefficient (Wildman–Crippen LogP) is 0.537. The van der Waals surface area contributed by atoms with Gasteiger partial charge in [0.05, 0.1) is 5.66 Å². The molecule has 0 aromatic rings. The van der Waals surface area contributed by atoms with Crippen LogP contribution in [0.25, 0.3) is 0 Å². The van der Waals surface area contributed by atoms with Gasteiger partial charge in [0, 0.05) is 38.6 Å². The summed E-state index contributed by atoms with van der Waals surface area (Å²) in [6.07, 6.45) is 0. The Morgan fingerprint density at radius 3 is 1.91 bits per heavy atom. The maximum Gasteiger partial charge on any atom is 0.311 e. The molecule has 3 atom stereocenters. The van der Waals surface area contributed by atoms with Gasteiger partial charge in [0.1, 0.15) is 5.78 Å². The molecular formula is C6H11O3PY. The van der Waals surface area contributed by atoms with Gasteiger partial charge < -0.3 is 5.11 Å². The molecule has 0 fully saturated rings. The van der Waals surface area contributed by atoms with Crippen molar-refractivity contribution in [2.45, 2.75) is 19.5 Å². The molecule has 0 aromatic carbocycles. The number of rotatable bonds is 3. The van der Waals surface area contributed by atoms with Gasteiger partial charge in [-0.15, -0.1) is 9.24 Å². The van der Waals surface area contributed by atoms with E-state index in [1.807, 2.05) is 0 Å². The van der Waals surface area contributed by atoms with Crippen molar-refractivity contribution in [2.75, 3.05) is 0 Å². The first-order valence-corrected chi connectivity index (χ1v) is 3.62. The van der Waals surface area contributed by atoms with Gasteiger partial charge in [0.25, 0.3) is 0 Å². The van der Waals surface area contributed by atoms with E-state index in [1.54, 1.807) is 6.92 Å². The Morgan fingerprint density at radius 1 is 1.45 bits per heavy atom. The van der Waals surface area contributed by atoms with E-state index in [0.717, 1.165) is 0 Å². The Labute approximate surface area is 93.4 Å². The predicted molar refractivity (Wildman–Crippen MR) is 41.0 cm³/mol. The van der Waals surface area contributed by atoms with Crippen molar-refractivity contribution < 1.29 is 47.4 Å².